The standard InChI is InChI=1S/C10H11NO/c1-8-10(12-7-11-8)9-5-3-2-4-6-9/h2-8,10H,1H3. The molecule has 2 unspecified atom stereocenters. The Kier molecular flexibility index (Phi) is 1.82. The van der Waals surface area contributed by atoms with Crippen molar-refractivity contribution >= 4 is 6.40 Å². The van der Waals surface area contributed by atoms with Gasteiger partial charge in [-0.2, -0.15) is 0 Å². The third-order valence-electron chi connectivity index (χ3n) is 2.07. The second-order valence-corrected chi connectivity index (χ2v) is 2.96. The summed E-state index contributed by atoms with van der Waals surface area (Å²) in [7, 11) is 0. The molecule has 62 valence electrons. The minimum absolute atomic E-state index is 0.117. The van der Waals surface area contributed by atoms with Crippen LogP contribution in [0.3, 0.4) is 0 Å². The first-order valence-electron chi connectivity index (χ1n) is 4.10. The Morgan fingerprint density at radius 1 is 1.25 bits per heavy atom. The number of benzene rings is 1. The Balaban J connectivity index is 2.22. The zero-order chi connectivity index (χ0) is 8.39. The van der Waals surface area contributed by atoms with Crippen molar-refractivity contribution < 1.29 is 4.74 Å². The maximum atomic E-state index is 5.36. The summed E-state index contributed by atoms with van der Waals surface area (Å²) in [6.07, 6.45) is 1.66. The second-order valence-electron chi connectivity index (χ2n) is 2.96. The average Bonchev–Trinajstić information content (AvgIpc) is 2.53. The van der Waals surface area contributed by atoms with Gasteiger partial charge in [-0.1, -0.05) is 30.3 Å². The predicted octanol–water partition coefficient (Wildman–Crippen LogP) is 2.17. The summed E-state index contributed by atoms with van der Waals surface area (Å²) in [5.41, 5.74) is 1.20. The molecule has 0 aliphatic carbocycles. The molecule has 0 saturated carbocycles. The predicted molar refractivity (Wildman–Crippen MR) is 48.2 cm³/mol. The Morgan fingerprint density at radius 2 is 2.00 bits per heavy atom. The third-order valence-corrected chi connectivity index (χ3v) is 2.07. The largest absolute Gasteiger partial charge is 0.473 e. The first-order valence-corrected chi connectivity index (χ1v) is 4.10. The Hall–Kier alpha value is -1.31. The van der Waals surface area contributed by atoms with Crippen LogP contribution in [-0.2, 0) is 4.74 Å². The third kappa shape index (κ3) is 1.20. The van der Waals surface area contributed by atoms with E-state index in [1.807, 2.05) is 18.2 Å². The number of rotatable bonds is 1. The van der Waals surface area contributed by atoms with Crippen molar-refractivity contribution in [2.24, 2.45) is 4.99 Å². The van der Waals surface area contributed by atoms with Crippen molar-refractivity contribution in [3.63, 3.8) is 0 Å². The van der Waals surface area contributed by atoms with Crippen LogP contribution in [0.1, 0.15) is 18.6 Å². The van der Waals surface area contributed by atoms with Gasteiger partial charge in [0.25, 0.3) is 0 Å². The summed E-state index contributed by atoms with van der Waals surface area (Å²) in [6, 6.07) is 10.4. The molecule has 1 aromatic carbocycles. The highest BCUT2D eigenvalue weighted by Gasteiger charge is 2.22. The van der Waals surface area contributed by atoms with Crippen LogP contribution in [0.4, 0.5) is 0 Å². The number of nitrogens with zero attached hydrogens (tertiary/aromatic N) is 1. The minimum Gasteiger partial charge on any atom is -0.473 e. The van der Waals surface area contributed by atoms with Gasteiger partial charge in [0.1, 0.15) is 6.10 Å². The van der Waals surface area contributed by atoms with Crippen LogP contribution in [0.15, 0.2) is 35.3 Å². The van der Waals surface area contributed by atoms with Gasteiger partial charge in [-0.05, 0) is 12.5 Å². The maximum absolute atomic E-state index is 5.36. The molecular formula is C10H11NO. The van der Waals surface area contributed by atoms with Gasteiger partial charge in [0.05, 0.1) is 6.04 Å². The molecule has 1 aliphatic rings. The first-order chi connectivity index (χ1) is 5.88. The van der Waals surface area contributed by atoms with E-state index in [2.05, 4.69) is 24.0 Å². The molecule has 0 radical (unpaired) electrons. The lowest BCUT2D eigenvalue weighted by Gasteiger charge is -2.13. The van der Waals surface area contributed by atoms with Gasteiger partial charge >= 0.3 is 0 Å². The van der Waals surface area contributed by atoms with E-state index < -0.39 is 0 Å². The monoisotopic (exact) mass is 161 g/mol. The molecule has 1 heterocycles. The van der Waals surface area contributed by atoms with Crippen LogP contribution in [-0.4, -0.2) is 12.4 Å². The second kappa shape index (κ2) is 2.97. The van der Waals surface area contributed by atoms with Crippen molar-refractivity contribution in [1.82, 2.24) is 0 Å². The molecule has 2 heteroatoms. The molecule has 0 fully saturated rings. The normalized spacial score (nSPS) is 27.1. The van der Waals surface area contributed by atoms with Crippen molar-refractivity contribution in [2.75, 3.05) is 0 Å². The molecule has 2 nitrogen and oxygen atoms in total. The van der Waals surface area contributed by atoms with Gasteiger partial charge in [0, 0.05) is 0 Å². The van der Waals surface area contributed by atoms with Crippen molar-refractivity contribution in [1.29, 1.82) is 0 Å². The fraction of sp³-hybridized carbons (Fsp3) is 0.300. The SMILES string of the molecule is CC1N=COC1c1ccccc1. The van der Waals surface area contributed by atoms with Crippen molar-refractivity contribution in [2.45, 2.75) is 19.1 Å². The molecule has 0 spiro atoms. The molecule has 12 heavy (non-hydrogen) atoms. The van der Waals surface area contributed by atoms with Gasteiger partial charge in [-0.25, -0.2) is 0 Å². The number of ether oxygens (including phenoxy) is 1. The highest BCUT2D eigenvalue weighted by Crippen LogP contribution is 2.25. The van der Waals surface area contributed by atoms with Gasteiger partial charge in [-0.15, -0.1) is 0 Å². The van der Waals surface area contributed by atoms with Crippen LogP contribution >= 0.6 is 0 Å². The highest BCUT2D eigenvalue weighted by molar-refractivity contribution is 5.50. The molecule has 1 aromatic rings. The summed E-state index contributed by atoms with van der Waals surface area (Å²) in [4.78, 5) is 4.15. The maximum Gasteiger partial charge on any atom is 0.170 e. The van der Waals surface area contributed by atoms with Gasteiger partial charge in [-0.3, -0.25) is 4.99 Å². The number of aliphatic imine (C=N–C) groups is 1. The van der Waals surface area contributed by atoms with E-state index in [9.17, 15) is 0 Å². The van der Waals surface area contributed by atoms with Crippen LogP contribution in [0.5, 0.6) is 0 Å². The summed E-state index contributed by atoms with van der Waals surface area (Å²) in [5, 5.41) is 0. The molecule has 0 aromatic heterocycles. The van der Waals surface area contributed by atoms with Crippen LogP contribution in [0.2, 0.25) is 0 Å². The van der Waals surface area contributed by atoms with Crippen molar-refractivity contribution in [3.05, 3.63) is 35.9 Å². The van der Waals surface area contributed by atoms with Gasteiger partial charge in [0.2, 0.25) is 0 Å². The summed E-state index contributed by atoms with van der Waals surface area (Å²) in [5.74, 6) is 0. The Bertz CT molecular complexity index is 281. The molecule has 0 saturated heterocycles. The van der Waals surface area contributed by atoms with Crippen LogP contribution in [0.25, 0.3) is 0 Å². The summed E-state index contributed by atoms with van der Waals surface area (Å²) in [6.45, 7) is 2.06. The van der Waals surface area contributed by atoms with E-state index in [-0.39, 0.29) is 12.1 Å². The summed E-state index contributed by atoms with van der Waals surface area (Å²) >= 11 is 0. The zero-order valence-corrected chi connectivity index (χ0v) is 6.97. The summed E-state index contributed by atoms with van der Waals surface area (Å²) < 4.78 is 5.36. The average molecular weight is 161 g/mol. The zero-order valence-electron chi connectivity index (χ0n) is 6.97. The van der Waals surface area contributed by atoms with E-state index in [4.69, 9.17) is 4.74 Å². The number of hydrogen-bond acceptors (Lipinski definition) is 2. The molecule has 0 bridgehead atoms. The van der Waals surface area contributed by atoms with Crippen LogP contribution < -0.4 is 0 Å². The quantitative estimate of drug-likeness (QED) is 0.618. The van der Waals surface area contributed by atoms with Crippen LogP contribution in [0, 0.1) is 0 Å². The van der Waals surface area contributed by atoms with E-state index >= 15 is 0 Å². The van der Waals surface area contributed by atoms with Gasteiger partial charge < -0.3 is 4.74 Å². The lowest BCUT2D eigenvalue weighted by molar-refractivity contribution is 0.210. The Labute approximate surface area is 71.9 Å². The molecule has 1 aliphatic heterocycles. The Morgan fingerprint density at radius 3 is 2.58 bits per heavy atom. The number of hydrogen-bond donors (Lipinski definition) is 0. The highest BCUT2D eigenvalue weighted by atomic mass is 16.5. The van der Waals surface area contributed by atoms with Crippen molar-refractivity contribution in [3.8, 4) is 0 Å². The van der Waals surface area contributed by atoms with Gasteiger partial charge in [0.15, 0.2) is 6.40 Å². The van der Waals surface area contributed by atoms with E-state index in [0.29, 0.717) is 0 Å². The molecule has 0 N–H and O–H groups in total. The van der Waals surface area contributed by atoms with E-state index in [0.717, 1.165) is 0 Å². The molecule has 2 rings (SSSR count). The smallest absolute Gasteiger partial charge is 0.170 e. The fourth-order valence-corrected chi connectivity index (χ4v) is 1.39. The fourth-order valence-electron chi connectivity index (χ4n) is 1.39. The van der Waals surface area contributed by atoms with E-state index in [1.54, 1.807) is 6.40 Å². The molecule has 0 amide bonds. The molecule has 2 atom stereocenters. The minimum atomic E-state index is 0.117. The molecular weight excluding hydrogens is 150 g/mol. The lowest BCUT2D eigenvalue weighted by Crippen LogP contribution is -2.08. The van der Waals surface area contributed by atoms with E-state index in [1.165, 1.54) is 5.56 Å². The topological polar surface area (TPSA) is 21.6 Å². The lowest BCUT2D eigenvalue weighted by atomic mass is 10.0. The first kappa shape index (κ1) is 7.35.